The zero-order valence-electron chi connectivity index (χ0n) is 12.6. The van der Waals surface area contributed by atoms with E-state index in [9.17, 15) is 0 Å². The first kappa shape index (κ1) is 19.9. The normalized spacial score (nSPS) is 12.8. The number of likely N-dealkylation sites (N-methyl/N-ethyl adjacent to an activating group) is 1. The molecule has 0 radical (unpaired) electrons. The van der Waals surface area contributed by atoms with Crippen LogP contribution < -0.4 is 0 Å². The van der Waals surface area contributed by atoms with Crippen LogP contribution in [-0.2, 0) is 15.1 Å². The Hall–Kier alpha value is -0.107. The first-order chi connectivity index (χ1) is 9.54. The van der Waals surface area contributed by atoms with Gasteiger partial charge in [0.15, 0.2) is 0 Å². The fraction of sp³-hybridized carbons (Fsp3) is 0.533. The molecule has 0 spiro atoms. The standard InChI is InChI=1S/C10H14.C5H10N2.2ClH.Ru/c1-8(2)10-6-4-9(3)5-7-10;1-2-7-4-3-6-5-7;;;/h4-8H,1-3H3;5H,2-4H2,1H3;2*1H;/q;;;;+2/p-2. The number of aliphatic imine (C=N–C) groups is 1. The Kier molecular flexibility index (Phi) is 12.6. The van der Waals surface area contributed by atoms with E-state index in [0.29, 0.717) is 5.92 Å². The Labute approximate surface area is 139 Å². The summed E-state index contributed by atoms with van der Waals surface area (Å²) in [6.07, 6.45) is 1.92. The second-order valence-electron chi connectivity index (χ2n) is 4.77. The quantitative estimate of drug-likeness (QED) is 0.644. The van der Waals surface area contributed by atoms with Crippen LogP contribution in [0.2, 0.25) is 0 Å². The predicted octanol–water partition coefficient (Wildman–Crippen LogP) is 4.85. The predicted molar refractivity (Wildman–Crippen MR) is 87.6 cm³/mol. The van der Waals surface area contributed by atoms with E-state index in [1.165, 1.54) is 11.1 Å². The molecular weight excluding hydrogens is 380 g/mol. The van der Waals surface area contributed by atoms with Gasteiger partial charge >= 0.3 is 34.5 Å². The fourth-order valence-corrected chi connectivity index (χ4v) is 1.61. The van der Waals surface area contributed by atoms with Gasteiger partial charge in [-0.3, -0.25) is 4.99 Å². The van der Waals surface area contributed by atoms with Gasteiger partial charge in [-0.25, -0.2) is 0 Å². The molecule has 0 saturated heterocycles. The van der Waals surface area contributed by atoms with Crippen LogP contribution in [0.5, 0.6) is 0 Å². The molecule has 2 rings (SSSR count). The van der Waals surface area contributed by atoms with Gasteiger partial charge < -0.3 is 4.90 Å². The number of rotatable bonds is 2. The van der Waals surface area contributed by atoms with Gasteiger partial charge in [-0.05, 0) is 25.3 Å². The number of benzene rings is 1. The molecule has 1 aromatic carbocycles. The van der Waals surface area contributed by atoms with E-state index in [-0.39, 0.29) is 15.1 Å². The molecule has 0 saturated carbocycles. The van der Waals surface area contributed by atoms with Crippen molar-refractivity contribution in [2.75, 3.05) is 19.6 Å². The minimum atomic E-state index is -0.346. The summed E-state index contributed by atoms with van der Waals surface area (Å²) in [5.74, 6) is 0.653. The van der Waals surface area contributed by atoms with Crippen molar-refractivity contribution < 1.29 is 15.1 Å². The molecular formula is C15H24Cl2N2Ru. The van der Waals surface area contributed by atoms with E-state index in [2.05, 4.69) is 61.9 Å². The molecule has 0 aliphatic carbocycles. The summed E-state index contributed by atoms with van der Waals surface area (Å²) in [7, 11) is 9.71. The molecule has 0 atom stereocenters. The summed E-state index contributed by atoms with van der Waals surface area (Å²) < 4.78 is 0. The molecule has 1 aliphatic heterocycles. The average molecular weight is 404 g/mol. The second kappa shape index (κ2) is 12.6. The maximum atomic E-state index is 4.85. The summed E-state index contributed by atoms with van der Waals surface area (Å²) in [5, 5.41) is 0. The van der Waals surface area contributed by atoms with Gasteiger partial charge in [0.2, 0.25) is 0 Å². The van der Waals surface area contributed by atoms with Crippen LogP contribution in [0.4, 0.5) is 0 Å². The van der Waals surface area contributed by atoms with Crippen molar-refractivity contribution in [1.29, 1.82) is 0 Å². The maximum absolute atomic E-state index is 4.85. The van der Waals surface area contributed by atoms with Gasteiger partial charge in [-0.2, -0.15) is 0 Å². The topological polar surface area (TPSA) is 15.6 Å². The van der Waals surface area contributed by atoms with E-state index in [4.69, 9.17) is 19.4 Å². The Bertz CT molecular complexity index is 367. The molecule has 0 bridgehead atoms. The van der Waals surface area contributed by atoms with Gasteiger partial charge in [0, 0.05) is 13.1 Å². The Morgan fingerprint density at radius 2 is 1.80 bits per heavy atom. The monoisotopic (exact) mass is 404 g/mol. The molecule has 1 aromatic rings. The molecule has 1 heterocycles. The van der Waals surface area contributed by atoms with Crippen LogP contribution in [0.1, 0.15) is 37.8 Å². The summed E-state index contributed by atoms with van der Waals surface area (Å²) in [5.41, 5.74) is 2.76. The third-order valence-corrected chi connectivity index (χ3v) is 2.91. The van der Waals surface area contributed by atoms with Gasteiger partial charge in [-0.1, -0.05) is 43.7 Å². The Morgan fingerprint density at radius 3 is 2.10 bits per heavy atom. The first-order valence-electron chi connectivity index (χ1n) is 6.70. The van der Waals surface area contributed by atoms with Gasteiger partial charge in [-0.15, -0.1) is 0 Å². The van der Waals surface area contributed by atoms with Gasteiger partial charge in [0.25, 0.3) is 0 Å². The number of halogens is 2. The summed E-state index contributed by atoms with van der Waals surface area (Å²) in [6, 6.07) is 8.71. The molecule has 20 heavy (non-hydrogen) atoms. The minimum absolute atomic E-state index is 0.346. The zero-order valence-corrected chi connectivity index (χ0v) is 15.8. The van der Waals surface area contributed by atoms with Crippen molar-refractivity contribution in [2.45, 2.75) is 33.6 Å². The van der Waals surface area contributed by atoms with Crippen LogP contribution in [0, 0.1) is 6.92 Å². The van der Waals surface area contributed by atoms with Crippen molar-refractivity contribution >= 4 is 25.7 Å². The number of hydrogen-bond acceptors (Lipinski definition) is 2. The van der Waals surface area contributed by atoms with E-state index in [0.717, 1.165) is 19.6 Å². The molecule has 1 aliphatic rings. The van der Waals surface area contributed by atoms with Crippen LogP contribution in [0.25, 0.3) is 0 Å². The number of hydrogen-bond donors (Lipinski definition) is 0. The third kappa shape index (κ3) is 9.74. The average Bonchev–Trinajstić information content (AvgIpc) is 2.94. The molecule has 0 fully saturated rings. The Balaban J connectivity index is 0.000000315. The van der Waals surface area contributed by atoms with E-state index < -0.39 is 0 Å². The van der Waals surface area contributed by atoms with E-state index in [1.54, 1.807) is 0 Å². The fourth-order valence-electron chi connectivity index (χ4n) is 1.61. The molecule has 0 amide bonds. The summed E-state index contributed by atoms with van der Waals surface area (Å²) >= 11 is -0.346. The van der Waals surface area contributed by atoms with E-state index >= 15 is 0 Å². The summed E-state index contributed by atoms with van der Waals surface area (Å²) in [6.45, 7) is 11.9. The van der Waals surface area contributed by atoms with Crippen LogP contribution in [0.15, 0.2) is 29.3 Å². The molecule has 0 unspecified atom stereocenters. The zero-order chi connectivity index (χ0) is 15.4. The van der Waals surface area contributed by atoms with Crippen molar-refractivity contribution in [3.05, 3.63) is 35.4 Å². The van der Waals surface area contributed by atoms with Crippen molar-refractivity contribution in [3.8, 4) is 0 Å². The Morgan fingerprint density at radius 1 is 1.25 bits per heavy atom. The van der Waals surface area contributed by atoms with Crippen LogP contribution in [-0.4, -0.2) is 30.9 Å². The van der Waals surface area contributed by atoms with E-state index in [1.807, 2.05) is 6.34 Å². The molecule has 0 N–H and O–H groups in total. The molecule has 0 aromatic heterocycles. The SMILES string of the molecule is CCN1C=NCC1.Cc1ccc(C(C)C)cc1.[Cl][Ru][Cl]. The van der Waals surface area contributed by atoms with Crippen LogP contribution >= 0.6 is 19.4 Å². The first-order valence-corrected chi connectivity index (χ1v) is 11.2. The van der Waals surface area contributed by atoms with Crippen LogP contribution in [0.3, 0.4) is 0 Å². The second-order valence-corrected chi connectivity index (χ2v) is 7.40. The molecule has 2 nitrogen and oxygen atoms in total. The van der Waals surface area contributed by atoms with Crippen molar-refractivity contribution in [3.63, 3.8) is 0 Å². The summed E-state index contributed by atoms with van der Waals surface area (Å²) in [4.78, 5) is 6.23. The molecule has 116 valence electrons. The van der Waals surface area contributed by atoms with Gasteiger partial charge in [0.05, 0.1) is 12.9 Å². The van der Waals surface area contributed by atoms with Crippen molar-refractivity contribution in [1.82, 2.24) is 4.90 Å². The molecule has 5 heteroatoms. The number of aryl methyl sites for hydroxylation is 1. The van der Waals surface area contributed by atoms with Crippen molar-refractivity contribution in [2.24, 2.45) is 4.99 Å². The third-order valence-electron chi connectivity index (χ3n) is 2.91. The number of nitrogens with zero attached hydrogens (tertiary/aromatic N) is 2. The van der Waals surface area contributed by atoms with Gasteiger partial charge in [0.1, 0.15) is 0 Å².